The predicted molar refractivity (Wildman–Crippen MR) is 73.7 cm³/mol. The van der Waals surface area contributed by atoms with Gasteiger partial charge in [0.1, 0.15) is 6.61 Å². The van der Waals surface area contributed by atoms with Crippen molar-refractivity contribution < 1.29 is 9.47 Å². The summed E-state index contributed by atoms with van der Waals surface area (Å²) in [5, 5.41) is 3.03. The van der Waals surface area contributed by atoms with E-state index in [1.54, 1.807) is 18.4 Å². The molecule has 1 aromatic heterocycles. The van der Waals surface area contributed by atoms with Crippen LogP contribution in [0.5, 0.6) is 11.5 Å². The Labute approximate surface area is 115 Å². The number of halogens is 1. The molecule has 5 heteroatoms. The smallest absolute Gasteiger partial charge is 0.161 e. The van der Waals surface area contributed by atoms with E-state index in [1.807, 2.05) is 30.5 Å². The molecule has 0 radical (unpaired) electrons. The lowest BCUT2D eigenvalue weighted by Gasteiger charge is -2.10. The Bertz CT molecular complexity index is 527. The van der Waals surface area contributed by atoms with Crippen molar-refractivity contribution in [1.29, 1.82) is 0 Å². The van der Waals surface area contributed by atoms with Gasteiger partial charge >= 0.3 is 0 Å². The van der Waals surface area contributed by atoms with E-state index >= 15 is 0 Å². The molecule has 0 saturated carbocycles. The number of aryl methyl sites for hydroxylation is 1. The fraction of sp³-hybridized carbons (Fsp3) is 0.308. The molecule has 1 heterocycles. The third-order valence-electron chi connectivity index (χ3n) is 2.42. The van der Waals surface area contributed by atoms with Crippen molar-refractivity contribution in [3.8, 4) is 11.5 Å². The van der Waals surface area contributed by atoms with Crippen LogP contribution in [0.4, 0.5) is 0 Å². The first-order valence-corrected chi connectivity index (χ1v) is 6.91. The molecule has 0 aliphatic heterocycles. The molecule has 0 N–H and O–H groups in total. The van der Waals surface area contributed by atoms with Gasteiger partial charge in [-0.15, -0.1) is 22.9 Å². The van der Waals surface area contributed by atoms with Gasteiger partial charge in [-0.1, -0.05) is 6.07 Å². The molecule has 3 nitrogen and oxygen atoms in total. The Kier molecular flexibility index (Phi) is 4.44. The van der Waals surface area contributed by atoms with E-state index in [2.05, 4.69) is 4.98 Å². The summed E-state index contributed by atoms with van der Waals surface area (Å²) in [5.41, 5.74) is 1.94. The summed E-state index contributed by atoms with van der Waals surface area (Å²) in [6.07, 6.45) is 0. The van der Waals surface area contributed by atoms with Crippen molar-refractivity contribution in [2.45, 2.75) is 19.4 Å². The van der Waals surface area contributed by atoms with E-state index in [9.17, 15) is 0 Å². The monoisotopic (exact) mass is 283 g/mol. The minimum atomic E-state index is 0.445. The number of aromatic nitrogens is 1. The number of hydrogen-bond donors (Lipinski definition) is 0. The number of nitrogens with zero attached hydrogens (tertiary/aromatic N) is 1. The standard InChI is InChI=1S/C13H14ClNO2S/c1-9-15-11(8-18-9)7-17-12-4-3-10(6-14)5-13(12)16-2/h3-5,8H,6-7H2,1-2H3. The van der Waals surface area contributed by atoms with Crippen molar-refractivity contribution in [2.24, 2.45) is 0 Å². The van der Waals surface area contributed by atoms with Crippen LogP contribution >= 0.6 is 22.9 Å². The maximum absolute atomic E-state index is 5.78. The van der Waals surface area contributed by atoms with E-state index in [0.29, 0.717) is 24.0 Å². The highest BCUT2D eigenvalue weighted by Crippen LogP contribution is 2.29. The third-order valence-corrected chi connectivity index (χ3v) is 3.56. The molecule has 0 aliphatic carbocycles. The SMILES string of the molecule is COc1cc(CCl)ccc1OCc1csc(C)n1. The molecule has 2 aromatic rings. The van der Waals surface area contributed by atoms with E-state index < -0.39 is 0 Å². The number of benzene rings is 1. The largest absolute Gasteiger partial charge is 0.493 e. The van der Waals surface area contributed by atoms with Crippen LogP contribution in [0.15, 0.2) is 23.6 Å². The summed E-state index contributed by atoms with van der Waals surface area (Å²) in [5.74, 6) is 1.86. The highest BCUT2D eigenvalue weighted by molar-refractivity contribution is 7.09. The summed E-state index contributed by atoms with van der Waals surface area (Å²) in [4.78, 5) is 4.35. The first-order valence-electron chi connectivity index (χ1n) is 5.49. The van der Waals surface area contributed by atoms with Crippen LogP contribution in [-0.4, -0.2) is 12.1 Å². The zero-order valence-corrected chi connectivity index (χ0v) is 11.8. The van der Waals surface area contributed by atoms with Crippen LogP contribution in [0, 0.1) is 6.92 Å². The second kappa shape index (κ2) is 6.07. The van der Waals surface area contributed by atoms with Crippen LogP contribution in [0.25, 0.3) is 0 Å². The van der Waals surface area contributed by atoms with Gasteiger partial charge in [0.2, 0.25) is 0 Å². The molecule has 96 valence electrons. The molecule has 1 aromatic carbocycles. The second-order valence-electron chi connectivity index (χ2n) is 3.77. The van der Waals surface area contributed by atoms with Gasteiger partial charge in [0, 0.05) is 11.3 Å². The number of thiazole rings is 1. The Morgan fingerprint density at radius 1 is 1.33 bits per heavy atom. The molecular formula is C13H14ClNO2S. The Balaban J connectivity index is 2.08. The molecule has 0 aliphatic rings. The zero-order valence-electron chi connectivity index (χ0n) is 10.3. The molecule has 0 fully saturated rings. The quantitative estimate of drug-likeness (QED) is 0.783. The highest BCUT2D eigenvalue weighted by atomic mass is 35.5. The summed E-state index contributed by atoms with van der Waals surface area (Å²) in [6, 6.07) is 5.68. The normalized spacial score (nSPS) is 10.4. The Hall–Kier alpha value is -1.26. The lowest BCUT2D eigenvalue weighted by atomic mass is 10.2. The van der Waals surface area contributed by atoms with E-state index in [4.69, 9.17) is 21.1 Å². The number of methoxy groups -OCH3 is 1. The summed E-state index contributed by atoms with van der Waals surface area (Å²) in [6.45, 7) is 2.42. The van der Waals surface area contributed by atoms with Crippen molar-refractivity contribution >= 4 is 22.9 Å². The highest BCUT2D eigenvalue weighted by Gasteiger charge is 2.07. The molecule has 0 unspecified atom stereocenters. The van der Waals surface area contributed by atoms with Crippen molar-refractivity contribution in [2.75, 3.05) is 7.11 Å². The van der Waals surface area contributed by atoms with Gasteiger partial charge in [0.15, 0.2) is 11.5 Å². The molecule has 0 saturated heterocycles. The van der Waals surface area contributed by atoms with Crippen LogP contribution in [0.1, 0.15) is 16.3 Å². The van der Waals surface area contributed by atoms with Gasteiger partial charge in [-0.05, 0) is 24.6 Å². The van der Waals surface area contributed by atoms with Gasteiger partial charge in [0.25, 0.3) is 0 Å². The fourth-order valence-electron chi connectivity index (χ4n) is 1.54. The van der Waals surface area contributed by atoms with Gasteiger partial charge < -0.3 is 9.47 Å². The summed E-state index contributed by atoms with van der Waals surface area (Å²) >= 11 is 7.39. The number of hydrogen-bond acceptors (Lipinski definition) is 4. The van der Waals surface area contributed by atoms with E-state index in [1.165, 1.54) is 0 Å². The first-order chi connectivity index (χ1) is 8.72. The maximum atomic E-state index is 5.78. The zero-order chi connectivity index (χ0) is 13.0. The number of ether oxygens (including phenoxy) is 2. The average Bonchev–Trinajstić information content (AvgIpc) is 2.82. The first kappa shape index (κ1) is 13.2. The molecule has 0 atom stereocenters. The summed E-state index contributed by atoms with van der Waals surface area (Å²) in [7, 11) is 1.62. The van der Waals surface area contributed by atoms with E-state index in [0.717, 1.165) is 16.3 Å². The molecule has 2 rings (SSSR count). The van der Waals surface area contributed by atoms with Crippen molar-refractivity contribution in [1.82, 2.24) is 4.98 Å². The van der Waals surface area contributed by atoms with Crippen LogP contribution < -0.4 is 9.47 Å². The minimum Gasteiger partial charge on any atom is -0.493 e. The van der Waals surface area contributed by atoms with Crippen LogP contribution in [-0.2, 0) is 12.5 Å². The number of rotatable bonds is 5. The molecule has 0 spiro atoms. The lowest BCUT2D eigenvalue weighted by molar-refractivity contribution is 0.281. The molecule has 18 heavy (non-hydrogen) atoms. The van der Waals surface area contributed by atoms with Crippen molar-refractivity contribution in [3.05, 3.63) is 39.8 Å². The van der Waals surface area contributed by atoms with Gasteiger partial charge in [0.05, 0.1) is 17.8 Å². The van der Waals surface area contributed by atoms with Crippen molar-refractivity contribution in [3.63, 3.8) is 0 Å². The Morgan fingerprint density at radius 3 is 2.78 bits per heavy atom. The molecule has 0 amide bonds. The third kappa shape index (κ3) is 3.15. The summed E-state index contributed by atoms with van der Waals surface area (Å²) < 4.78 is 11.0. The number of alkyl halides is 1. The lowest BCUT2D eigenvalue weighted by Crippen LogP contribution is -1.98. The van der Waals surface area contributed by atoms with E-state index in [-0.39, 0.29) is 0 Å². The second-order valence-corrected chi connectivity index (χ2v) is 5.09. The fourth-order valence-corrected chi connectivity index (χ4v) is 2.30. The topological polar surface area (TPSA) is 31.4 Å². The van der Waals surface area contributed by atoms with Gasteiger partial charge in [-0.25, -0.2) is 4.98 Å². The predicted octanol–water partition coefficient (Wildman–Crippen LogP) is 3.78. The molecular weight excluding hydrogens is 270 g/mol. The average molecular weight is 284 g/mol. The maximum Gasteiger partial charge on any atom is 0.161 e. The molecule has 0 bridgehead atoms. The Morgan fingerprint density at radius 2 is 2.17 bits per heavy atom. The van der Waals surface area contributed by atoms with Crippen LogP contribution in [0.3, 0.4) is 0 Å². The van der Waals surface area contributed by atoms with Crippen LogP contribution in [0.2, 0.25) is 0 Å². The van der Waals surface area contributed by atoms with Gasteiger partial charge in [-0.3, -0.25) is 0 Å². The minimum absolute atomic E-state index is 0.445. The van der Waals surface area contributed by atoms with Gasteiger partial charge in [-0.2, -0.15) is 0 Å².